The summed E-state index contributed by atoms with van der Waals surface area (Å²) in [5.41, 5.74) is 1.10. The van der Waals surface area contributed by atoms with Crippen molar-refractivity contribution >= 4 is 41.0 Å². The van der Waals surface area contributed by atoms with Gasteiger partial charge < -0.3 is 5.32 Å². The van der Waals surface area contributed by atoms with Gasteiger partial charge in [-0.25, -0.2) is 4.98 Å². The lowest BCUT2D eigenvalue weighted by Crippen LogP contribution is -2.28. The number of nitrogens with zero attached hydrogens (tertiary/aromatic N) is 2. The number of amides is 1. The van der Waals surface area contributed by atoms with Gasteiger partial charge in [-0.15, -0.1) is 0 Å². The molecule has 7 heteroatoms. The molecule has 20 heavy (non-hydrogen) atoms. The number of thioether (sulfide) groups is 2. The molecule has 0 aliphatic heterocycles. The monoisotopic (exact) mass is 325 g/mol. The Morgan fingerprint density at radius 3 is 2.80 bits per heavy atom. The van der Waals surface area contributed by atoms with Crippen LogP contribution in [-0.2, 0) is 4.79 Å². The summed E-state index contributed by atoms with van der Waals surface area (Å²) in [6.45, 7) is 1.98. The molecule has 1 aromatic carbocycles. The van der Waals surface area contributed by atoms with E-state index in [1.807, 2.05) is 43.5 Å². The van der Waals surface area contributed by atoms with E-state index in [4.69, 9.17) is 0 Å². The van der Waals surface area contributed by atoms with E-state index in [-0.39, 0.29) is 11.9 Å². The average molecular weight is 325 g/mol. The molecule has 0 fully saturated rings. The van der Waals surface area contributed by atoms with E-state index in [0.29, 0.717) is 5.75 Å². The van der Waals surface area contributed by atoms with Crippen LogP contribution in [0.3, 0.4) is 0 Å². The minimum Gasteiger partial charge on any atom is -0.349 e. The number of carbonyl (C=O) groups excluding carboxylic acids is 1. The van der Waals surface area contributed by atoms with Gasteiger partial charge in [0.15, 0.2) is 4.34 Å². The van der Waals surface area contributed by atoms with Crippen LogP contribution in [0.5, 0.6) is 0 Å². The molecule has 106 valence electrons. The predicted octanol–water partition coefficient (Wildman–Crippen LogP) is 3.23. The minimum atomic E-state index is 0.00672. The fraction of sp³-hybridized carbons (Fsp3) is 0.308. The maximum absolute atomic E-state index is 11.9. The Labute approximate surface area is 130 Å². The molecular formula is C13H15N3OS3. The zero-order valence-electron chi connectivity index (χ0n) is 11.2. The lowest BCUT2D eigenvalue weighted by atomic mass is 10.1. The maximum atomic E-state index is 11.9. The van der Waals surface area contributed by atoms with E-state index in [9.17, 15) is 4.79 Å². The van der Waals surface area contributed by atoms with Crippen LogP contribution in [0, 0.1) is 0 Å². The van der Waals surface area contributed by atoms with Gasteiger partial charge in [-0.1, -0.05) is 53.9 Å². The fourth-order valence-electron chi connectivity index (χ4n) is 1.57. The third kappa shape index (κ3) is 4.50. The van der Waals surface area contributed by atoms with Gasteiger partial charge in [0.05, 0.1) is 11.8 Å². The van der Waals surface area contributed by atoms with E-state index in [1.54, 1.807) is 0 Å². The third-order valence-electron chi connectivity index (χ3n) is 2.58. The standard InChI is InChI=1S/C13H15N3OS3/c1-9(10-6-4-3-5-7-10)14-11(17)8-19-13-15-12(18-2)16-20-13/h3-7,9H,8H2,1-2H3,(H,14,17)/t9-/m0/s1. The van der Waals surface area contributed by atoms with Gasteiger partial charge in [0.2, 0.25) is 11.1 Å². The van der Waals surface area contributed by atoms with Gasteiger partial charge in [0.25, 0.3) is 0 Å². The quantitative estimate of drug-likeness (QED) is 0.826. The first-order valence-corrected chi connectivity index (χ1v) is 9.02. The van der Waals surface area contributed by atoms with E-state index in [2.05, 4.69) is 14.7 Å². The summed E-state index contributed by atoms with van der Waals surface area (Å²) in [6, 6.07) is 9.93. The third-order valence-corrected chi connectivity index (χ3v) is 5.07. The van der Waals surface area contributed by atoms with E-state index in [0.717, 1.165) is 15.1 Å². The van der Waals surface area contributed by atoms with Crippen molar-refractivity contribution in [3.8, 4) is 0 Å². The van der Waals surface area contributed by atoms with E-state index >= 15 is 0 Å². The Balaban J connectivity index is 1.80. The van der Waals surface area contributed by atoms with Crippen LogP contribution >= 0.6 is 35.1 Å². The molecule has 2 aromatic rings. The van der Waals surface area contributed by atoms with Crippen molar-refractivity contribution in [1.82, 2.24) is 14.7 Å². The second-order valence-electron chi connectivity index (χ2n) is 4.04. The molecule has 0 saturated heterocycles. The summed E-state index contributed by atoms with van der Waals surface area (Å²) < 4.78 is 4.99. The van der Waals surface area contributed by atoms with Crippen molar-refractivity contribution in [3.63, 3.8) is 0 Å². The maximum Gasteiger partial charge on any atom is 0.230 e. The highest BCUT2D eigenvalue weighted by Crippen LogP contribution is 2.23. The number of carbonyl (C=O) groups is 1. The Bertz CT molecular complexity index is 559. The Hall–Kier alpha value is -1.05. The van der Waals surface area contributed by atoms with E-state index in [1.165, 1.54) is 35.1 Å². The molecule has 0 spiro atoms. The number of hydrogen-bond donors (Lipinski definition) is 1. The van der Waals surface area contributed by atoms with E-state index < -0.39 is 0 Å². The van der Waals surface area contributed by atoms with Crippen LogP contribution in [0.1, 0.15) is 18.5 Å². The number of aromatic nitrogens is 2. The number of hydrogen-bond acceptors (Lipinski definition) is 6. The smallest absolute Gasteiger partial charge is 0.230 e. The topological polar surface area (TPSA) is 54.9 Å². The van der Waals surface area contributed by atoms with Crippen molar-refractivity contribution in [1.29, 1.82) is 0 Å². The summed E-state index contributed by atoms with van der Waals surface area (Å²) in [6.07, 6.45) is 1.94. The second kappa shape index (κ2) is 7.66. The SMILES string of the molecule is CSc1nsc(SCC(=O)N[C@@H](C)c2ccccc2)n1. The summed E-state index contributed by atoms with van der Waals surface area (Å²) in [4.78, 5) is 16.2. The lowest BCUT2D eigenvalue weighted by molar-refractivity contribution is -0.119. The Morgan fingerprint density at radius 1 is 1.40 bits per heavy atom. The van der Waals surface area contributed by atoms with Crippen molar-refractivity contribution in [3.05, 3.63) is 35.9 Å². The van der Waals surface area contributed by atoms with Crippen LogP contribution in [-0.4, -0.2) is 27.3 Å². The highest BCUT2D eigenvalue weighted by molar-refractivity contribution is 8.01. The molecule has 0 aliphatic carbocycles. The van der Waals surface area contributed by atoms with Gasteiger partial charge in [-0.2, -0.15) is 4.37 Å². The van der Waals surface area contributed by atoms with Gasteiger partial charge in [-0.3, -0.25) is 4.79 Å². The van der Waals surface area contributed by atoms with Crippen LogP contribution in [0.15, 0.2) is 39.8 Å². The summed E-state index contributed by atoms with van der Waals surface area (Å²) in [7, 11) is 0. The molecule has 0 saturated carbocycles. The van der Waals surface area contributed by atoms with Gasteiger partial charge in [0.1, 0.15) is 0 Å². The minimum absolute atomic E-state index is 0.00672. The summed E-state index contributed by atoms with van der Waals surface area (Å²) >= 11 is 4.26. The molecular weight excluding hydrogens is 310 g/mol. The first-order valence-electron chi connectivity index (χ1n) is 6.04. The molecule has 1 atom stereocenters. The number of nitrogens with one attached hydrogen (secondary N) is 1. The van der Waals surface area contributed by atoms with Crippen molar-refractivity contribution in [2.45, 2.75) is 22.5 Å². The fourth-order valence-corrected chi connectivity index (χ4v) is 3.59. The molecule has 1 aromatic heterocycles. The average Bonchev–Trinajstić information content (AvgIpc) is 2.94. The first kappa shape index (κ1) is 15.3. The van der Waals surface area contributed by atoms with Crippen LogP contribution in [0.25, 0.3) is 0 Å². The molecule has 1 N–H and O–H groups in total. The normalized spacial score (nSPS) is 12.1. The van der Waals surface area contributed by atoms with Gasteiger partial charge in [-0.05, 0) is 30.3 Å². The summed E-state index contributed by atoms with van der Waals surface area (Å²) in [5.74, 6) is 0.368. The molecule has 0 radical (unpaired) electrons. The molecule has 0 unspecified atom stereocenters. The van der Waals surface area contributed by atoms with Crippen LogP contribution in [0.2, 0.25) is 0 Å². The molecule has 1 heterocycles. The molecule has 1 amide bonds. The largest absolute Gasteiger partial charge is 0.349 e. The highest BCUT2D eigenvalue weighted by atomic mass is 32.2. The highest BCUT2D eigenvalue weighted by Gasteiger charge is 2.11. The molecule has 0 bridgehead atoms. The van der Waals surface area contributed by atoms with Crippen LogP contribution < -0.4 is 5.32 Å². The summed E-state index contributed by atoms with van der Waals surface area (Å²) in [5, 5.41) is 3.74. The lowest BCUT2D eigenvalue weighted by Gasteiger charge is -2.13. The second-order valence-corrected chi connectivity index (χ2v) is 6.78. The predicted molar refractivity (Wildman–Crippen MR) is 85.4 cm³/mol. The molecule has 4 nitrogen and oxygen atoms in total. The number of rotatable bonds is 6. The number of benzene rings is 1. The van der Waals surface area contributed by atoms with Crippen molar-refractivity contribution in [2.24, 2.45) is 0 Å². The van der Waals surface area contributed by atoms with Gasteiger partial charge >= 0.3 is 0 Å². The first-order chi connectivity index (χ1) is 9.69. The van der Waals surface area contributed by atoms with Gasteiger partial charge in [0, 0.05) is 0 Å². The molecule has 2 rings (SSSR count). The zero-order valence-corrected chi connectivity index (χ0v) is 13.6. The van der Waals surface area contributed by atoms with Crippen molar-refractivity contribution < 1.29 is 4.79 Å². The van der Waals surface area contributed by atoms with Crippen LogP contribution in [0.4, 0.5) is 0 Å². The molecule has 0 aliphatic rings. The zero-order chi connectivity index (χ0) is 14.4. The Morgan fingerprint density at radius 2 is 2.15 bits per heavy atom. The van der Waals surface area contributed by atoms with Crippen molar-refractivity contribution in [2.75, 3.05) is 12.0 Å². The Kier molecular flexibility index (Phi) is 5.87.